The molecule has 2 heterocycles. The molecule has 0 aliphatic carbocycles. The lowest BCUT2D eigenvalue weighted by atomic mass is 10.1. The summed E-state index contributed by atoms with van der Waals surface area (Å²) in [6.45, 7) is 4.45. The highest BCUT2D eigenvalue weighted by molar-refractivity contribution is 5.29. The number of methoxy groups -OCH3 is 1. The number of ether oxygens (including phenoxy) is 2. The molecule has 1 saturated heterocycles. The molecule has 1 aromatic heterocycles. The van der Waals surface area contributed by atoms with Crippen molar-refractivity contribution in [3.8, 4) is 5.75 Å². The molecule has 1 aliphatic rings. The van der Waals surface area contributed by atoms with Crippen molar-refractivity contribution in [1.29, 1.82) is 0 Å². The van der Waals surface area contributed by atoms with Crippen LogP contribution in [0.1, 0.15) is 29.4 Å². The van der Waals surface area contributed by atoms with Gasteiger partial charge in [-0.2, -0.15) is 5.10 Å². The van der Waals surface area contributed by atoms with Crippen molar-refractivity contribution in [3.63, 3.8) is 0 Å². The van der Waals surface area contributed by atoms with Crippen LogP contribution in [-0.4, -0.2) is 58.5 Å². The first-order valence-electron chi connectivity index (χ1n) is 7.70. The maximum atomic E-state index is 10.5. The summed E-state index contributed by atoms with van der Waals surface area (Å²) in [6, 6.07) is 7.52. The molecule has 23 heavy (non-hydrogen) atoms. The minimum absolute atomic E-state index is 0.161. The van der Waals surface area contributed by atoms with Crippen molar-refractivity contribution in [3.05, 3.63) is 41.5 Å². The van der Waals surface area contributed by atoms with E-state index in [1.165, 1.54) is 0 Å². The Morgan fingerprint density at radius 1 is 1.52 bits per heavy atom. The maximum absolute atomic E-state index is 10.5. The fourth-order valence-electron chi connectivity index (χ4n) is 2.73. The van der Waals surface area contributed by atoms with Crippen molar-refractivity contribution < 1.29 is 14.6 Å². The predicted octanol–water partition coefficient (Wildman–Crippen LogP) is 1.23. The van der Waals surface area contributed by atoms with Gasteiger partial charge in [0.15, 0.2) is 5.82 Å². The van der Waals surface area contributed by atoms with Gasteiger partial charge in [0, 0.05) is 19.6 Å². The zero-order chi connectivity index (χ0) is 16.2. The molecule has 2 N–H and O–H groups in total. The number of aromatic amines is 1. The third kappa shape index (κ3) is 3.87. The quantitative estimate of drug-likeness (QED) is 0.863. The Morgan fingerprint density at radius 3 is 3.13 bits per heavy atom. The van der Waals surface area contributed by atoms with Gasteiger partial charge in [0.25, 0.3) is 0 Å². The molecule has 1 aliphatic heterocycles. The number of rotatable bonds is 5. The molecule has 7 heteroatoms. The molecular formula is C16H22N4O3. The first-order chi connectivity index (χ1) is 11.2. The summed E-state index contributed by atoms with van der Waals surface area (Å²) in [5, 5.41) is 17.5. The SMILES string of the molecule is COc1cccc([C@H](O)CN2CCO[C@@H](c3n[nH]c(C)n3)C2)c1. The Morgan fingerprint density at radius 2 is 2.39 bits per heavy atom. The van der Waals surface area contributed by atoms with Gasteiger partial charge < -0.3 is 14.6 Å². The number of aliphatic hydroxyl groups excluding tert-OH is 1. The second-order valence-corrected chi connectivity index (χ2v) is 5.69. The first kappa shape index (κ1) is 15.9. The van der Waals surface area contributed by atoms with Gasteiger partial charge in [0.1, 0.15) is 17.7 Å². The van der Waals surface area contributed by atoms with E-state index in [-0.39, 0.29) is 6.10 Å². The van der Waals surface area contributed by atoms with Gasteiger partial charge in [0.05, 0.1) is 19.8 Å². The predicted molar refractivity (Wildman–Crippen MR) is 84.2 cm³/mol. The van der Waals surface area contributed by atoms with E-state index in [1.807, 2.05) is 31.2 Å². The third-order valence-corrected chi connectivity index (χ3v) is 3.96. The number of nitrogens with zero attached hydrogens (tertiary/aromatic N) is 3. The Bertz CT molecular complexity index is 646. The number of morpholine rings is 1. The standard InChI is InChI=1S/C16H22N4O3/c1-11-17-16(19-18-11)15-10-20(6-7-23-15)9-14(21)12-4-3-5-13(8-12)22-2/h3-5,8,14-15,21H,6-7,9-10H2,1-2H3,(H,17,18,19)/t14-,15-/m1/s1. The van der Waals surface area contributed by atoms with Crippen LogP contribution in [0.2, 0.25) is 0 Å². The molecular weight excluding hydrogens is 296 g/mol. The summed E-state index contributed by atoms with van der Waals surface area (Å²) >= 11 is 0. The van der Waals surface area contributed by atoms with E-state index in [4.69, 9.17) is 9.47 Å². The number of H-pyrrole nitrogens is 1. The van der Waals surface area contributed by atoms with Crippen molar-refractivity contribution in [1.82, 2.24) is 20.1 Å². The molecule has 0 radical (unpaired) electrons. The molecule has 1 fully saturated rings. The molecule has 0 saturated carbocycles. The number of nitrogens with one attached hydrogen (secondary N) is 1. The average molecular weight is 318 g/mol. The molecule has 124 valence electrons. The molecule has 3 rings (SSSR count). The number of hydrogen-bond donors (Lipinski definition) is 2. The Kier molecular flexibility index (Phi) is 4.90. The van der Waals surface area contributed by atoms with Crippen LogP contribution in [0.4, 0.5) is 0 Å². The van der Waals surface area contributed by atoms with Gasteiger partial charge in [-0.25, -0.2) is 4.98 Å². The van der Waals surface area contributed by atoms with Crippen LogP contribution in [0.3, 0.4) is 0 Å². The van der Waals surface area contributed by atoms with Crippen molar-refractivity contribution in [2.24, 2.45) is 0 Å². The topological polar surface area (TPSA) is 83.5 Å². The van der Waals surface area contributed by atoms with Crippen LogP contribution in [0, 0.1) is 6.92 Å². The summed E-state index contributed by atoms with van der Waals surface area (Å²) < 4.78 is 11.0. The largest absolute Gasteiger partial charge is 0.497 e. The number of aliphatic hydroxyl groups is 1. The lowest BCUT2D eigenvalue weighted by Crippen LogP contribution is -2.40. The molecule has 0 bridgehead atoms. The number of aromatic nitrogens is 3. The van der Waals surface area contributed by atoms with E-state index >= 15 is 0 Å². The molecule has 0 spiro atoms. The minimum Gasteiger partial charge on any atom is -0.497 e. The zero-order valence-electron chi connectivity index (χ0n) is 13.4. The lowest BCUT2D eigenvalue weighted by molar-refractivity contribution is -0.0461. The number of aryl methyl sites for hydroxylation is 1. The van der Waals surface area contributed by atoms with Crippen LogP contribution >= 0.6 is 0 Å². The van der Waals surface area contributed by atoms with Gasteiger partial charge in [-0.3, -0.25) is 10.00 Å². The summed E-state index contributed by atoms with van der Waals surface area (Å²) in [5.41, 5.74) is 0.848. The monoisotopic (exact) mass is 318 g/mol. The van der Waals surface area contributed by atoms with Crippen LogP contribution in [0.25, 0.3) is 0 Å². The summed E-state index contributed by atoms with van der Waals surface area (Å²) in [7, 11) is 1.62. The molecule has 1 aromatic carbocycles. The van der Waals surface area contributed by atoms with E-state index in [0.29, 0.717) is 25.5 Å². The molecule has 2 aromatic rings. The fourth-order valence-corrected chi connectivity index (χ4v) is 2.73. The minimum atomic E-state index is -0.572. The summed E-state index contributed by atoms with van der Waals surface area (Å²) in [4.78, 5) is 6.50. The third-order valence-electron chi connectivity index (χ3n) is 3.96. The van der Waals surface area contributed by atoms with Gasteiger partial charge in [-0.1, -0.05) is 12.1 Å². The van der Waals surface area contributed by atoms with Crippen molar-refractivity contribution in [2.75, 3.05) is 33.4 Å². The van der Waals surface area contributed by atoms with E-state index in [1.54, 1.807) is 7.11 Å². The lowest BCUT2D eigenvalue weighted by Gasteiger charge is -2.32. The van der Waals surface area contributed by atoms with Crippen LogP contribution in [0.15, 0.2) is 24.3 Å². The number of β-amino-alcohol motifs (C(OH)–C–C–N with tert-alkyl or cyclic N) is 1. The van der Waals surface area contributed by atoms with Crippen molar-refractivity contribution in [2.45, 2.75) is 19.1 Å². The highest BCUT2D eigenvalue weighted by atomic mass is 16.5. The number of hydrogen-bond acceptors (Lipinski definition) is 6. The molecule has 2 atom stereocenters. The second-order valence-electron chi connectivity index (χ2n) is 5.69. The van der Waals surface area contributed by atoms with Gasteiger partial charge in [0.2, 0.25) is 0 Å². The summed E-state index contributed by atoms with van der Waals surface area (Å²) in [5.74, 6) is 2.19. The fraction of sp³-hybridized carbons (Fsp3) is 0.500. The average Bonchev–Trinajstić information content (AvgIpc) is 3.02. The van der Waals surface area contributed by atoms with E-state index in [2.05, 4.69) is 20.1 Å². The van der Waals surface area contributed by atoms with Crippen LogP contribution in [0.5, 0.6) is 5.75 Å². The Balaban J connectivity index is 1.62. The summed E-state index contributed by atoms with van der Waals surface area (Å²) in [6.07, 6.45) is -0.732. The van der Waals surface area contributed by atoms with Gasteiger partial charge in [-0.15, -0.1) is 0 Å². The molecule has 0 unspecified atom stereocenters. The van der Waals surface area contributed by atoms with Gasteiger partial charge >= 0.3 is 0 Å². The first-order valence-corrected chi connectivity index (χ1v) is 7.70. The smallest absolute Gasteiger partial charge is 0.180 e. The molecule has 7 nitrogen and oxygen atoms in total. The second kappa shape index (κ2) is 7.08. The van der Waals surface area contributed by atoms with E-state index in [0.717, 1.165) is 23.7 Å². The molecule has 0 amide bonds. The highest BCUT2D eigenvalue weighted by Crippen LogP contribution is 2.23. The van der Waals surface area contributed by atoms with Crippen molar-refractivity contribution >= 4 is 0 Å². The highest BCUT2D eigenvalue weighted by Gasteiger charge is 2.26. The maximum Gasteiger partial charge on any atom is 0.180 e. The Hall–Kier alpha value is -1.96. The van der Waals surface area contributed by atoms with Gasteiger partial charge in [-0.05, 0) is 24.6 Å². The zero-order valence-corrected chi connectivity index (χ0v) is 13.4. The normalized spacial score (nSPS) is 20.4. The van der Waals surface area contributed by atoms with Crippen LogP contribution < -0.4 is 4.74 Å². The van der Waals surface area contributed by atoms with E-state index < -0.39 is 6.10 Å². The van der Waals surface area contributed by atoms with Crippen LogP contribution in [-0.2, 0) is 4.74 Å². The van der Waals surface area contributed by atoms with E-state index in [9.17, 15) is 5.11 Å². The number of benzene rings is 1. The Labute approximate surface area is 135 Å².